The molecule has 5 heteroatoms. The maximum absolute atomic E-state index is 6.05. The van der Waals surface area contributed by atoms with Crippen molar-refractivity contribution in [3.63, 3.8) is 0 Å². The SMILES string of the molecule is CC(Cc1ccsc1)Nc1ccc(N)c2cc(Br)cnc12. The van der Waals surface area contributed by atoms with Gasteiger partial charge in [-0.2, -0.15) is 11.3 Å². The van der Waals surface area contributed by atoms with Crippen molar-refractivity contribution >= 4 is 49.5 Å². The summed E-state index contributed by atoms with van der Waals surface area (Å²) in [6.45, 7) is 2.18. The van der Waals surface area contributed by atoms with Gasteiger partial charge in [-0.3, -0.25) is 4.98 Å². The minimum atomic E-state index is 0.330. The van der Waals surface area contributed by atoms with Gasteiger partial charge in [-0.05, 0) is 69.9 Å². The third-order valence-corrected chi connectivity index (χ3v) is 4.54. The highest BCUT2D eigenvalue weighted by Crippen LogP contribution is 2.29. The van der Waals surface area contributed by atoms with Crippen molar-refractivity contribution in [3.8, 4) is 0 Å². The molecule has 21 heavy (non-hydrogen) atoms. The lowest BCUT2D eigenvalue weighted by molar-refractivity contribution is 0.793. The number of hydrogen-bond donors (Lipinski definition) is 2. The molecule has 0 amide bonds. The smallest absolute Gasteiger partial charge is 0.0954 e. The number of aromatic nitrogens is 1. The molecule has 0 aliphatic rings. The van der Waals surface area contributed by atoms with Crippen LogP contribution in [0.3, 0.4) is 0 Å². The quantitative estimate of drug-likeness (QED) is 0.663. The highest BCUT2D eigenvalue weighted by atomic mass is 79.9. The van der Waals surface area contributed by atoms with Crippen LogP contribution in [-0.4, -0.2) is 11.0 Å². The Morgan fingerprint density at radius 3 is 3.00 bits per heavy atom. The summed E-state index contributed by atoms with van der Waals surface area (Å²) in [5, 5.41) is 8.81. The molecule has 3 aromatic rings. The van der Waals surface area contributed by atoms with Crippen LogP contribution in [-0.2, 0) is 6.42 Å². The van der Waals surface area contributed by atoms with Crippen LogP contribution in [0.4, 0.5) is 11.4 Å². The summed E-state index contributed by atoms with van der Waals surface area (Å²) < 4.78 is 0.935. The molecule has 0 spiro atoms. The Morgan fingerprint density at radius 1 is 1.38 bits per heavy atom. The lowest BCUT2D eigenvalue weighted by Crippen LogP contribution is -2.18. The second kappa shape index (κ2) is 6.03. The van der Waals surface area contributed by atoms with Gasteiger partial charge in [-0.1, -0.05) is 0 Å². The molecular weight excluding hydrogens is 346 g/mol. The van der Waals surface area contributed by atoms with E-state index < -0.39 is 0 Å². The van der Waals surface area contributed by atoms with Crippen LogP contribution >= 0.6 is 27.3 Å². The first kappa shape index (κ1) is 14.4. The van der Waals surface area contributed by atoms with E-state index in [-0.39, 0.29) is 0 Å². The van der Waals surface area contributed by atoms with Crippen LogP contribution in [0, 0.1) is 0 Å². The predicted molar refractivity (Wildman–Crippen MR) is 95.0 cm³/mol. The molecule has 3 N–H and O–H groups in total. The van der Waals surface area contributed by atoms with E-state index in [4.69, 9.17) is 5.73 Å². The van der Waals surface area contributed by atoms with Crippen LogP contribution in [0.1, 0.15) is 12.5 Å². The lowest BCUT2D eigenvalue weighted by atomic mass is 10.1. The molecule has 0 saturated carbocycles. The Bertz CT molecular complexity index is 756. The van der Waals surface area contributed by atoms with Gasteiger partial charge in [-0.15, -0.1) is 0 Å². The zero-order valence-corrected chi connectivity index (χ0v) is 14.0. The van der Waals surface area contributed by atoms with Crippen molar-refractivity contribution in [3.05, 3.63) is 51.3 Å². The van der Waals surface area contributed by atoms with Gasteiger partial charge in [0.25, 0.3) is 0 Å². The van der Waals surface area contributed by atoms with Crippen molar-refractivity contribution in [2.45, 2.75) is 19.4 Å². The van der Waals surface area contributed by atoms with Crippen molar-refractivity contribution in [1.82, 2.24) is 4.98 Å². The third-order valence-electron chi connectivity index (χ3n) is 3.37. The zero-order valence-electron chi connectivity index (χ0n) is 11.6. The van der Waals surface area contributed by atoms with E-state index in [1.54, 1.807) is 17.5 Å². The molecule has 3 rings (SSSR count). The Balaban J connectivity index is 1.88. The van der Waals surface area contributed by atoms with E-state index in [9.17, 15) is 0 Å². The van der Waals surface area contributed by atoms with Gasteiger partial charge in [-0.25, -0.2) is 0 Å². The second-order valence-corrected chi connectivity index (χ2v) is 6.83. The highest BCUT2D eigenvalue weighted by molar-refractivity contribution is 9.10. The fraction of sp³-hybridized carbons (Fsp3) is 0.188. The summed E-state index contributed by atoms with van der Waals surface area (Å²) in [4.78, 5) is 4.50. The van der Waals surface area contributed by atoms with E-state index in [0.29, 0.717) is 6.04 Å². The van der Waals surface area contributed by atoms with Crippen LogP contribution in [0.15, 0.2) is 45.7 Å². The summed E-state index contributed by atoms with van der Waals surface area (Å²) >= 11 is 5.18. The van der Waals surface area contributed by atoms with Crippen LogP contribution in [0.25, 0.3) is 10.9 Å². The average Bonchev–Trinajstić information content (AvgIpc) is 2.95. The molecular formula is C16H16BrN3S. The molecule has 108 valence electrons. The normalized spacial score (nSPS) is 12.5. The summed E-state index contributed by atoms with van der Waals surface area (Å²) in [5.74, 6) is 0. The van der Waals surface area contributed by atoms with Crippen molar-refractivity contribution in [1.29, 1.82) is 0 Å². The summed E-state index contributed by atoms with van der Waals surface area (Å²) in [6.07, 6.45) is 2.79. The van der Waals surface area contributed by atoms with Gasteiger partial charge in [0.05, 0.1) is 11.2 Å². The Kier molecular flexibility index (Phi) is 4.12. The predicted octanol–water partition coefficient (Wildman–Crippen LogP) is 4.68. The second-order valence-electron chi connectivity index (χ2n) is 5.13. The van der Waals surface area contributed by atoms with E-state index in [1.165, 1.54) is 5.56 Å². The van der Waals surface area contributed by atoms with Gasteiger partial charge in [0.2, 0.25) is 0 Å². The number of halogens is 1. The molecule has 1 unspecified atom stereocenters. The van der Waals surface area contributed by atoms with Gasteiger partial charge in [0.15, 0.2) is 0 Å². The first-order chi connectivity index (χ1) is 10.1. The molecule has 0 saturated heterocycles. The molecule has 3 nitrogen and oxygen atoms in total. The number of nitrogens with zero attached hydrogens (tertiary/aromatic N) is 1. The molecule has 0 bridgehead atoms. The topological polar surface area (TPSA) is 50.9 Å². The third kappa shape index (κ3) is 3.19. The molecule has 0 radical (unpaired) electrons. The first-order valence-corrected chi connectivity index (χ1v) is 8.48. The lowest BCUT2D eigenvalue weighted by Gasteiger charge is -2.16. The number of pyridine rings is 1. The van der Waals surface area contributed by atoms with Crippen molar-refractivity contribution < 1.29 is 0 Å². The molecule has 2 heterocycles. The van der Waals surface area contributed by atoms with Crippen molar-refractivity contribution in [2.75, 3.05) is 11.1 Å². The van der Waals surface area contributed by atoms with Gasteiger partial charge in [0.1, 0.15) is 0 Å². The van der Waals surface area contributed by atoms with Crippen molar-refractivity contribution in [2.24, 2.45) is 0 Å². The number of hydrogen-bond acceptors (Lipinski definition) is 4. The maximum Gasteiger partial charge on any atom is 0.0954 e. The fourth-order valence-electron chi connectivity index (χ4n) is 2.41. The molecule has 2 aromatic heterocycles. The number of thiophene rings is 1. The Hall–Kier alpha value is -1.59. The minimum absolute atomic E-state index is 0.330. The molecule has 0 fully saturated rings. The number of nitrogens with two attached hydrogens (primary N) is 1. The highest BCUT2D eigenvalue weighted by Gasteiger charge is 2.10. The van der Waals surface area contributed by atoms with E-state index >= 15 is 0 Å². The summed E-state index contributed by atoms with van der Waals surface area (Å²) in [7, 11) is 0. The molecule has 1 aromatic carbocycles. The minimum Gasteiger partial charge on any atom is -0.398 e. The average molecular weight is 362 g/mol. The van der Waals surface area contributed by atoms with Crippen LogP contribution < -0.4 is 11.1 Å². The largest absolute Gasteiger partial charge is 0.398 e. The summed E-state index contributed by atoms with van der Waals surface area (Å²) in [5.41, 5.74) is 10.1. The number of benzene rings is 1. The molecule has 0 aliphatic heterocycles. The van der Waals surface area contributed by atoms with E-state index in [2.05, 4.69) is 50.0 Å². The zero-order chi connectivity index (χ0) is 14.8. The first-order valence-electron chi connectivity index (χ1n) is 6.75. The maximum atomic E-state index is 6.05. The van der Waals surface area contributed by atoms with E-state index in [0.717, 1.165) is 33.2 Å². The number of rotatable bonds is 4. The Labute approximate surface area is 136 Å². The monoisotopic (exact) mass is 361 g/mol. The fourth-order valence-corrected chi connectivity index (χ4v) is 3.42. The van der Waals surface area contributed by atoms with Crippen LogP contribution in [0.5, 0.6) is 0 Å². The van der Waals surface area contributed by atoms with E-state index in [1.807, 2.05) is 18.2 Å². The molecule has 1 atom stereocenters. The van der Waals surface area contributed by atoms with Gasteiger partial charge < -0.3 is 11.1 Å². The Morgan fingerprint density at radius 2 is 2.24 bits per heavy atom. The summed E-state index contributed by atoms with van der Waals surface area (Å²) in [6, 6.07) is 8.43. The molecule has 0 aliphatic carbocycles. The van der Waals surface area contributed by atoms with Crippen LogP contribution in [0.2, 0.25) is 0 Å². The number of anilines is 2. The number of nitrogens with one attached hydrogen (secondary N) is 1. The standard InChI is InChI=1S/C16H16BrN3S/c1-10(6-11-4-5-21-9-11)20-15-3-2-14(18)13-7-12(17)8-19-16(13)15/h2-5,7-10,20H,6,18H2,1H3. The van der Waals surface area contributed by atoms with Gasteiger partial charge in [0, 0.05) is 27.8 Å². The van der Waals surface area contributed by atoms with Gasteiger partial charge >= 0.3 is 0 Å². The number of nitrogen functional groups attached to an aromatic ring is 1. The number of fused-ring (bicyclic) bond motifs is 1.